The first-order chi connectivity index (χ1) is 14.2. The highest BCUT2D eigenvalue weighted by atomic mass is 32.1. The highest BCUT2D eigenvalue weighted by molar-refractivity contribution is 7.09. The Morgan fingerprint density at radius 1 is 1.07 bits per heavy atom. The van der Waals surface area contributed by atoms with E-state index < -0.39 is 0 Å². The quantitative estimate of drug-likeness (QED) is 0.369. The van der Waals surface area contributed by atoms with Crippen LogP contribution in [0.1, 0.15) is 53.9 Å². The molecule has 1 fully saturated rings. The molecule has 0 unspecified atom stereocenters. The number of guanidine groups is 1. The number of likely N-dealkylation sites (tertiary alicyclic amines) is 1. The smallest absolute Gasteiger partial charge is 0.191 e. The van der Waals surface area contributed by atoms with Crippen LogP contribution < -0.4 is 10.6 Å². The van der Waals surface area contributed by atoms with Crippen LogP contribution in [0.25, 0.3) is 0 Å². The van der Waals surface area contributed by atoms with Crippen LogP contribution in [0.3, 0.4) is 0 Å². The highest BCUT2D eigenvalue weighted by Crippen LogP contribution is 2.14. The molecule has 1 aliphatic heterocycles. The summed E-state index contributed by atoms with van der Waals surface area (Å²) in [5, 5.41) is 10.2. The number of piperidine rings is 1. The Kier molecular flexibility index (Phi) is 8.96. The molecule has 0 amide bonds. The minimum absolute atomic E-state index is 0.794. The standard InChI is InChI=1S/C23H35N5S/c1-19-18-29-22(27-19)8-4-5-13-25-23(24-2)26-16-20-9-11-21(12-10-20)17-28-14-6-3-7-15-28/h9-12,18H,3-8,13-17H2,1-2H3,(H2,24,25,26). The third kappa shape index (κ3) is 7.78. The molecule has 1 aromatic carbocycles. The van der Waals surface area contributed by atoms with Gasteiger partial charge in [0.2, 0.25) is 0 Å². The van der Waals surface area contributed by atoms with Gasteiger partial charge in [-0.3, -0.25) is 9.89 Å². The van der Waals surface area contributed by atoms with Crippen molar-refractivity contribution < 1.29 is 0 Å². The van der Waals surface area contributed by atoms with Gasteiger partial charge < -0.3 is 10.6 Å². The number of unbranched alkanes of at least 4 members (excludes halogenated alkanes) is 1. The Labute approximate surface area is 179 Å². The van der Waals surface area contributed by atoms with Crippen molar-refractivity contribution >= 4 is 17.3 Å². The van der Waals surface area contributed by atoms with Crippen LogP contribution in [0, 0.1) is 6.92 Å². The minimum Gasteiger partial charge on any atom is -0.356 e. The van der Waals surface area contributed by atoms with Crippen molar-refractivity contribution in [3.05, 3.63) is 51.5 Å². The number of aliphatic imine (C=N–C) groups is 1. The second-order valence-electron chi connectivity index (χ2n) is 7.85. The Morgan fingerprint density at radius 2 is 1.83 bits per heavy atom. The maximum atomic E-state index is 4.52. The molecule has 0 spiro atoms. The molecule has 5 nitrogen and oxygen atoms in total. The fraction of sp³-hybridized carbons (Fsp3) is 0.565. The molecule has 1 saturated heterocycles. The molecule has 3 rings (SSSR count). The SMILES string of the molecule is CN=C(NCCCCc1nc(C)cs1)NCc1ccc(CN2CCCCC2)cc1. The average molecular weight is 414 g/mol. The van der Waals surface area contributed by atoms with E-state index in [1.54, 1.807) is 11.3 Å². The van der Waals surface area contributed by atoms with Gasteiger partial charge in [-0.05, 0) is 63.2 Å². The van der Waals surface area contributed by atoms with Gasteiger partial charge in [-0.25, -0.2) is 4.98 Å². The number of thiazole rings is 1. The van der Waals surface area contributed by atoms with Crippen molar-refractivity contribution in [1.82, 2.24) is 20.5 Å². The molecule has 0 radical (unpaired) electrons. The van der Waals surface area contributed by atoms with Crippen molar-refractivity contribution in [3.8, 4) is 0 Å². The van der Waals surface area contributed by atoms with Crippen molar-refractivity contribution in [3.63, 3.8) is 0 Å². The van der Waals surface area contributed by atoms with Crippen molar-refractivity contribution in [1.29, 1.82) is 0 Å². The Hall–Kier alpha value is -1.92. The van der Waals surface area contributed by atoms with E-state index in [0.717, 1.165) is 50.6 Å². The van der Waals surface area contributed by atoms with E-state index in [1.165, 1.54) is 48.5 Å². The third-order valence-corrected chi connectivity index (χ3v) is 6.36. The summed E-state index contributed by atoms with van der Waals surface area (Å²) < 4.78 is 0. The molecule has 0 bridgehead atoms. The van der Waals surface area contributed by atoms with Crippen molar-refractivity contribution in [2.75, 3.05) is 26.7 Å². The first-order valence-corrected chi connectivity index (χ1v) is 11.8. The Balaban J connectivity index is 1.32. The third-order valence-electron chi connectivity index (χ3n) is 5.34. The summed E-state index contributed by atoms with van der Waals surface area (Å²) in [6.07, 6.45) is 7.41. The monoisotopic (exact) mass is 413 g/mol. The zero-order valence-electron chi connectivity index (χ0n) is 17.9. The van der Waals surface area contributed by atoms with Gasteiger partial charge in [-0.15, -0.1) is 11.3 Å². The first-order valence-electron chi connectivity index (χ1n) is 10.9. The van der Waals surface area contributed by atoms with Crippen LogP contribution >= 0.6 is 11.3 Å². The summed E-state index contributed by atoms with van der Waals surface area (Å²) >= 11 is 1.76. The summed E-state index contributed by atoms with van der Waals surface area (Å²) in [6, 6.07) is 9.00. The van der Waals surface area contributed by atoms with Crippen LogP contribution in [0.2, 0.25) is 0 Å². The molecule has 0 aliphatic carbocycles. The van der Waals surface area contributed by atoms with Crippen LogP contribution in [0.5, 0.6) is 0 Å². The lowest BCUT2D eigenvalue weighted by atomic mass is 10.1. The molecule has 29 heavy (non-hydrogen) atoms. The van der Waals surface area contributed by atoms with Gasteiger partial charge in [0.1, 0.15) is 0 Å². The lowest BCUT2D eigenvalue weighted by molar-refractivity contribution is 0.221. The largest absolute Gasteiger partial charge is 0.356 e. The molecule has 0 atom stereocenters. The molecule has 1 aliphatic rings. The topological polar surface area (TPSA) is 52.6 Å². The molecule has 2 heterocycles. The second kappa shape index (κ2) is 11.9. The molecule has 0 saturated carbocycles. The average Bonchev–Trinajstić information content (AvgIpc) is 3.17. The van der Waals surface area contributed by atoms with Crippen LogP contribution in [-0.2, 0) is 19.5 Å². The van der Waals surface area contributed by atoms with E-state index >= 15 is 0 Å². The van der Waals surface area contributed by atoms with Gasteiger partial charge in [-0.1, -0.05) is 30.7 Å². The summed E-state index contributed by atoms with van der Waals surface area (Å²) in [5.74, 6) is 0.868. The van der Waals surface area contributed by atoms with Gasteiger partial charge in [0.05, 0.1) is 5.01 Å². The van der Waals surface area contributed by atoms with E-state index in [4.69, 9.17) is 0 Å². The summed E-state index contributed by atoms with van der Waals surface area (Å²) in [5.41, 5.74) is 3.83. The molecule has 2 N–H and O–H groups in total. The fourth-order valence-corrected chi connectivity index (χ4v) is 4.49. The number of hydrogen-bond donors (Lipinski definition) is 2. The van der Waals surface area contributed by atoms with Crippen molar-refractivity contribution in [2.24, 2.45) is 4.99 Å². The van der Waals surface area contributed by atoms with Gasteiger partial charge in [0.15, 0.2) is 5.96 Å². The number of aromatic nitrogens is 1. The number of aryl methyl sites for hydroxylation is 2. The van der Waals surface area contributed by atoms with Gasteiger partial charge in [-0.2, -0.15) is 0 Å². The zero-order chi connectivity index (χ0) is 20.3. The Morgan fingerprint density at radius 3 is 2.52 bits per heavy atom. The molecule has 6 heteroatoms. The number of nitrogens with one attached hydrogen (secondary N) is 2. The van der Waals surface area contributed by atoms with Gasteiger partial charge in [0.25, 0.3) is 0 Å². The zero-order valence-corrected chi connectivity index (χ0v) is 18.7. The van der Waals surface area contributed by atoms with Crippen LogP contribution in [0.4, 0.5) is 0 Å². The minimum atomic E-state index is 0.794. The molecular formula is C23H35N5S. The fourth-order valence-electron chi connectivity index (χ4n) is 3.67. The van der Waals surface area contributed by atoms with Crippen LogP contribution in [0.15, 0.2) is 34.6 Å². The summed E-state index contributed by atoms with van der Waals surface area (Å²) in [7, 11) is 1.83. The summed E-state index contributed by atoms with van der Waals surface area (Å²) in [6.45, 7) is 7.35. The van der Waals surface area contributed by atoms with E-state index in [-0.39, 0.29) is 0 Å². The van der Waals surface area contributed by atoms with Crippen molar-refractivity contribution in [2.45, 2.75) is 58.5 Å². The predicted octanol–water partition coefficient (Wildman–Crippen LogP) is 4.13. The van der Waals surface area contributed by atoms with E-state index in [9.17, 15) is 0 Å². The lowest BCUT2D eigenvalue weighted by Crippen LogP contribution is -2.37. The number of hydrogen-bond acceptors (Lipinski definition) is 4. The lowest BCUT2D eigenvalue weighted by Gasteiger charge is -2.26. The predicted molar refractivity (Wildman–Crippen MR) is 124 cm³/mol. The molecule has 158 valence electrons. The maximum absolute atomic E-state index is 4.52. The van der Waals surface area contributed by atoms with E-state index in [1.807, 2.05) is 7.05 Å². The van der Waals surface area contributed by atoms with Gasteiger partial charge >= 0.3 is 0 Å². The molecule has 2 aromatic rings. The number of benzene rings is 1. The van der Waals surface area contributed by atoms with E-state index in [2.05, 4.69) is 62.1 Å². The Bertz CT molecular complexity index is 747. The molecule has 1 aromatic heterocycles. The number of rotatable bonds is 9. The van der Waals surface area contributed by atoms with Crippen LogP contribution in [-0.4, -0.2) is 42.5 Å². The van der Waals surface area contributed by atoms with E-state index in [0.29, 0.717) is 0 Å². The maximum Gasteiger partial charge on any atom is 0.191 e. The first kappa shape index (κ1) is 21.8. The summed E-state index contributed by atoms with van der Waals surface area (Å²) in [4.78, 5) is 11.4. The second-order valence-corrected chi connectivity index (χ2v) is 8.79. The highest BCUT2D eigenvalue weighted by Gasteiger charge is 2.10. The molecular weight excluding hydrogens is 378 g/mol. The number of nitrogens with zero attached hydrogens (tertiary/aromatic N) is 3. The normalized spacial score (nSPS) is 15.4. The van der Waals surface area contributed by atoms with Gasteiger partial charge in [0, 0.05) is 37.8 Å².